The maximum atomic E-state index is 13.4. The number of carbonyl (C=O) groups excluding carboxylic acids is 3. The van der Waals surface area contributed by atoms with Crippen molar-refractivity contribution in [1.82, 2.24) is 13.6 Å². The van der Waals surface area contributed by atoms with E-state index in [1.807, 2.05) is 20.8 Å². The van der Waals surface area contributed by atoms with Crippen LogP contribution in [0.1, 0.15) is 69.2 Å². The van der Waals surface area contributed by atoms with Gasteiger partial charge in [0.15, 0.2) is 11.6 Å². The fraction of sp³-hybridized carbons (Fsp3) is 0.808. The Morgan fingerprint density at radius 1 is 1.00 bits per heavy atom. The number of hydrogen-bond donors (Lipinski definition) is 0. The Kier molecular flexibility index (Phi) is 10.8. The minimum atomic E-state index is -1.30. The van der Waals surface area contributed by atoms with Crippen LogP contribution in [-0.2, 0) is 28.6 Å². The molecule has 0 aliphatic carbocycles. The lowest BCUT2D eigenvalue weighted by molar-refractivity contribution is -0.173. The van der Waals surface area contributed by atoms with Gasteiger partial charge in [-0.2, -0.15) is 4.37 Å². The Balaban J connectivity index is 2.24. The molecule has 0 aromatic carbocycles. The predicted octanol–water partition coefficient (Wildman–Crippen LogP) is 2.91. The predicted molar refractivity (Wildman–Crippen MR) is 145 cm³/mol. The van der Waals surface area contributed by atoms with Gasteiger partial charge in [-0.3, -0.25) is 14.4 Å². The third kappa shape index (κ3) is 8.69. The van der Waals surface area contributed by atoms with Crippen LogP contribution in [0.5, 0.6) is 5.88 Å². The van der Waals surface area contributed by atoms with E-state index in [1.54, 1.807) is 39.5 Å². The minimum Gasteiger partial charge on any atom is -0.472 e. The third-order valence-corrected chi connectivity index (χ3v) is 6.98. The average molecular weight is 557 g/mol. The zero-order valence-corrected chi connectivity index (χ0v) is 25.3. The fourth-order valence-corrected chi connectivity index (χ4v) is 4.67. The van der Waals surface area contributed by atoms with E-state index >= 15 is 0 Å². The highest BCUT2D eigenvalue weighted by Gasteiger charge is 2.40. The van der Waals surface area contributed by atoms with E-state index in [0.29, 0.717) is 38.0 Å². The molecule has 0 unspecified atom stereocenters. The molecule has 0 spiro atoms. The van der Waals surface area contributed by atoms with Crippen LogP contribution in [0, 0.1) is 0 Å². The summed E-state index contributed by atoms with van der Waals surface area (Å²) in [4.78, 5) is 41.6. The lowest BCUT2D eigenvalue weighted by Crippen LogP contribution is -2.54. The Morgan fingerprint density at radius 2 is 1.61 bits per heavy atom. The number of rotatable bonds is 13. The van der Waals surface area contributed by atoms with Gasteiger partial charge in [-0.25, -0.2) is 0 Å². The number of hydrogen-bond acceptors (Lipinski definition) is 11. The first-order valence-electron chi connectivity index (χ1n) is 12.9. The monoisotopic (exact) mass is 556 g/mol. The average Bonchev–Trinajstić information content (AvgIpc) is 3.28. The zero-order valence-electron chi connectivity index (χ0n) is 24.5. The van der Waals surface area contributed by atoms with Crippen molar-refractivity contribution in [2.45, 2.75) is 98.2 Å². The van der Waals surface area contributed by atoms with Crippen molar-refractivity contribution in [3.63, 3.8) is 0 Å². The van der Waals surface area contributed by atoms with Gasteiger partial charge in [0.05, 0.1) is 31.5 Å². The maximum absolute atomic E-state index is 13.4. The number of carbonyl (C=O) groups is 3. The minimum absolute atomic E-state index is 0.0352. The molecule has 1 aliphatic heterocycles. The first-order valence-corrected chi connectivity index (χ1v) is 13.7. The molecule has 2 heterocycles. The molecule has 12 heteroatoms. The molecule has 1 amide bonds. The van der Waals surface area contributed by atoms with E-state index in [2.05, 4.69) is 13.6 Å². The van der Waals surface area contributed by atoms with Crippen molar-refractivity contribution in [3.05, 3.63) is 0 Å². The number of Topliss-reactive ketones (excluding diaryl/α,β-unsaturated/α-hetero) is 2. The molecule has 1 aromatic rings. The highest BCUT2D eigenvalue weighted by atomic mass is 32.1. The lowest BCUT2D eigenvalue weighted by atomic mass is 9.97. The van der Waals surface area contributed by atoms with E-state index in [0.717, 1.165) is 11.7 Å². The van der Waals surface area contributed by atoms with Gasteiger partial charge in [0.25, 0.3) is 5.88 Å². The molecule has 0 bridgehead atoms. The van der Waals surface area contributed by atoms with E-state index in [9.17, 15) is 14.4 Å². The van der Waals surface area contributed by atoms with Crippen molar-refractivity contribution in [2.24, 2.45) is 0 Å². The van der Waals surface area contributed by atoms with Crippen LogP contribution in [0.2, 0.25) is 0 Å². The molecule has 0 radical (unpaired) electrons. The summed E-state index contributed by atoms with van der Waals surface area (Å²) in [5.74, 6) is 0.378. The van der Waals surface area contributed by atoms with Gasteiger partial charge >= 0.3 is 0 Å². The van der Waals surface area contributed by atoms with Crippen LogP contribution >= 0.6 is 11.7 Å². The molecule has 38 heavy (non-hydrogen) atoms. The molecule has 216 valence electrons. The van der Waals surface area contributed by atoms with Crippen molar-refractivity contribution in [3.8, 4) is 5.88 Å². The van der Waals surface area contributed by atoms with E-state index in [1.165, 1.54) is 13.8 Å². The Hall–Kier alpha value is -2.15. The van der Waals surface area contributed by atoms with E-state index < -0.39 is 28.9 Å². The zero-order chi connectivity index (χ0) is 28.9. The van der Waals surface area contributed by atoms with E-state index in [-0.39, 0.29) is 30.6 Å². The summed E-state index contributed by atoms with van der Waals surface area (Å²) >= 11 is 1.05. The van der Waals surface area contributed by atoms with Gasteiger partial charge in [-0.1, -0.05) is 0 Å². The third-order valence-electron chi connectivity index (χ3n) is 6.48. The van der Waals surface area contributed by atoms with Crippen LogP contribution in [-0.4, -0.2) is 99.5 Å². The smallest absolute Gasteiger partial charge is 0.270 e. The lowest BCUT2D eigenvalue weighted by Gasteiger charge is -2.40. The molecule has 0 saturated carbocycles. The first-order chi connectivity index (χ1) is 17.5. The Labute approximate surface area is 230 Å². The summed E-state index contributed by atoms with van der Waals surface area (Å²) in [7, 11) is 0. The van der Waals surface area contributed by atoms with Crippen LogP contribution in [0.25, 0.3) is 0 Å². The molecule has 2 rings (SSSR count). The second-order valence-electron chi connectivity index (χ2n) is 11.5. The largest absolute Gasteiger partial charge is 0.472 e. The van der Waals surface area contributed by atoms with Gasteiger partial charge in [0, 0.05) is 25.6 Å². The number of morpholine rings is 1. The number of ether oxygens (including phenoxy) is 4. The maximum Gasteiger partial charge on any atom is 0.270 e. The molecular weight excluding hydrogens is 512 g/mol. The molecule has 1 fully saturated rings. The summed E-state index contributed by atoms with van der Waals surface area (Å²) in [5, 5.41) is 0. The van der Waals surface area contributed by atoms with Gasteiger partial charge in [-0.15, -0.1) is 4.37 Å². The standard InChI is InChI=1S/C26H44N4O7S/c1-17(36-25(7,8)18(2)31)21(33)26(9,10)37-20(15-30(19(3)32)24(4,5)6)16-35-23-22(27-38-28-23)29-11-13-34-14-12-29/h17,20H,11-16H2,1-10H3/t17-,20-/m0/s1. The normalized spacial score (nSPS) is 16.6. The molecule has 1 saturated heterocycles. The van der Waals surface area contributed by atoms with Crippen molar-refractivity contribution in [1.29, 1.82) is 0 Å². The van der Waals surface area contributed by atoms with Gasteiger partial charge in [0.2, 0.25) is 11.7 Å². The van der Waals surface area contributed by atoms with Crippen molar-refractivity contribution < 1.29 is 33.3 Å². The van der Waals surface area contributed by atoms with Gasteiger partial charge in [-0.05, 0) is 62.3 Å². The molecule has 11 nitrogen and oxygen atoms in total. The quantitative estimate of drug-likeness (QED) is 0.359. The van der Waals surface area contributed by atoms with E-state index in [4.69, 9.17) is 18.9 Å². The van der Waals surface area contributed by atoms with Crippen LogP contribution < -0.4 is 9.64 Å². The van der Waals surface area contributed by atoms with Crippen LogP contribution in [0.4, 0.5) is 5.82 Å². The van der Waals surface area contributed by atoms with Gasteiger partial charge < -0.3 is 28.7 Å². The summed E-state index contributed by atoms with van der Waals surface area (Å²) in [6.07, 6.45) is -1.57. The summed E-state index contributed by atoms with van der Waals surface area (Å²) in [6, 6.07) is 0. The molecular formula is C26H44N4O7S. The molecule has 1 aliphatic rings. The van der Waals surface area contributed by atoms with Crippen molar-refractivity contribution >= 4 is 35.0 Å². The second kappa shape index (κ2) is 12.8. The number of aromatic nitrogens is 2. The summed E-state index contributed by atoms with van der Waals surface area (Å²) < 4.78 is 32.4. The second-order valence-corrected chi connectivity index (χ2v) is 12.1. The Bertz CT molecular complexity index is 967. The van der Waals surface area contributed by atoms with Crippen LogP contribution in [0.15, 0.2) is 0 Å². The molecule has 2 atom stereocenters. The molecule has 0 N–H and O–H groups in total. The highest BCUT2D eigenvalue weighted by molar-refractivity contribution is 6.99. The number of nitrogens with zero attached hydrogens (tertiary/aromatic N) is 4. The highest BCUT2D eigenvalue weighted by Crippen LogP contribution is 2.28. The summed E-state index contributed by atoms with van der Waals surface area (Å²) in [5.41, 5.74) is -2.89. The number of ketones is 2. The Morgan fingerprint density at radius 3 is 2.13 bits per heavy atom. The van der Waals surface area contributed by atoms with Crippen LogP contribution in [0.3, 0.4) is 0 Å². The first kappa shape index (κ1) is 32.1. The number of anilines is 1. The molecule has 1 aromatic heterocycles. The number of amides is 1. The topological polar surface area (TPSA) is 120 Å². The van der Waals surface area contributed by atoms with Gasteiger partial charge in [0.1, 0.15) is 30.0 Å². The fourth-order valence-electron chi connectivity index (χ4n) is 4.15. The van der Waals surface area contributed by atoms with Crippen molar-refractivity contribution in [2.75, 3.05) is 44.4 Å². The SMILES string of the molecule is CC(=O)N(C[C@@H](COc1nsnc1N1CCOCC1)OC(C)(C)C(=O)[C@H](C)OC(C)(C)C(C)=O)C(C)(C)C. The summed E-state index contributed by atoms with van der Waals surface area (Å²) in [6.45, 7) is 19.7.